The van der Waals surface area contributed by atoms with Gasteiger partial charge in [-0.25, -0.2) is 0 Å². The van der Waals surface area contributed by atoms with Crippen molar-refractivity contribution in [2.45, 2.75) is 32.2 Å². The molecule has 1 heterocycles. The van der Waals surface area contributed by atoms with Crippen LogP contribution in [0.4, 0.5) is 0 Å². The van der Waals surface area contributed by atoms with Crippen molar-refractivity contribution >= 4 is 18.3 Å². The van der Waals surface area contributed by atoms with Crippen molar-refractivity contribution in [3.63, 3.8) is 0 Å². The largest absolute Gasteiger partial charge is 0.490 e. The number of likely N-dealkylation sites (tertiary alicyclic amines) is 1. The molecule has 1 atom stereocenters. The first-order valence-electron chi connectivity index (χ1n) is 7.60. The van der Waals surface area contributed by atoms with Gasteiger partial charge in [0.2, 0.25) is 0 Å². The highest BCUT2D eigenvalue weighted by Gasteiger charge is 2.25. The molecule has 1 amide bonds. The minimum absolute atomic E-state index is 0. The number of halogens is 1. The van der Waals surface area contributed by atoms with Crippen LogP contribution in [0.1, 0.15) is 26.2 Å². The van der Waals surface area contributed by atoms with Crippen LogP contribution < -0.4 is 15.2 Å². The van der Waals surface area contributed by atoms with Gasteiger partial charge in [0.05, 0.1) is 6.61 Å². The minimum atomic E-state index is -0.00329. The van der Waals surface area contributed by atoms with Gasteiger partial charge in [-0.15, -0.1) is 12.4 Å². The number of piperidine rings is 1. The fraction of sp³-hybridized carbons (Fsp3) is 0.562. The van der Waals surface area contributed by atoms with Crippen LogP contribution in [-0.2, 0) is 4.79 Å². The van der Waals surface area contributed by atoms with Crippen LogP contribution in [0.2, 0.25) is 0 Å². The third-order valence-corrected chi connectivity index (χ3v) is 3.72. The van der Waals surface area contributed by atoms with Crippen LogP contribution in [0, 0.1) is 0 Å². The van der Waals surface area contributed by atoms with E-state index in [-0.39, 0.29) is 31.0 Å². The Morgan fingerprint density at radius 3 is 2.59 bits per heavy atom. The normalized spacial score (nSPS) is 17.5. The molecule has 6 heteroatoms. The maximum atomic E-state index is 12.3. The monoisotopic (exact) mass is 328 g/mol. The van der Waals surface area contributed by atoms with E-state index in [0.717, 1.165) is 25.8 Å². The predicted octanol–water partition coefficient (Wildman–Crippen LogP) is 2.23. The highest BCUT2D eigenvalue weighted by atomic mass is 35.5. The van der Waals surface area contributed by atoms with Gasteiger partial charge in [-0.1, -0.05) is 12.1 Å². The zero-order valence-corrected chi connectivity index (χ0v) is 13.8. The topological polar surface area (TPSA) is 64.8 Å². The fourth-order valence-electron chi connectivity index (χ4n) is 2.64. The van der Waals surface area contributed by atoms with E-state index in [1.165, 1.54) is 0 Å². The Hall–Kier alpha value is -1.46. The van der Waals surface area contributed by atoms with Crippen molar-refractivity contribution in [1.29, 1.82) is 0 Å². The van der Waals surface area contributed by atoms with Crippen molar-refractivity contribution in [1.82, 2.24) is 4.90 Å². The van der Waals surface area contributed by atoms with Crippen molar-refractivity contribution in [3.8, 4) is 11.5 Å². The third-order valence-electron chi connectivity index (χ3n) is 3.72. The molecule has 5 nitrogen and oxygen atoms in total. The number of amides is 1. The van der Waals surface area contributed by atoms with Gasteiger partial charge in [-0.3, -0.25) is 4.79 Å². The van der Waals surface area contributed by atoms with Gasteiger partial charge in [-0.2, -0.15) is 0 Å². The highest BCUT2D eigenvalue weighted by Crippen LogP contribution is 2.26. The Morgan fingerprint density at radius 1 is 1.27 bits per heavy atom. The molecule has 1 fully saturated rings. The number of para-hydroxylation sites is 2. The summed E-state index contributed by atoms with van der Waals surface area (Å²) < 4.78 is 11.1. The lowest BCUT2D eigenvalue weighted by Gasteiger charge is -2.35. The van der Waals surface area contributed by atoms with E-state index in [1.54, 1.807) is 0 Å². The molecule has 1 unspecified atom stereocenters. The number of carbonyl (C=O) groups excluding carboxylic acids is 1. The van der Waals surface area contributed by atoms with Crippen molar-refractivity contribution < 1.29 is 14.3 Å². The first-order chi connectivity index (χ1) is 10.3. The SMILES string of the molecule is CCOc1ccccc1OCC(=O)N1CCCCC1CN.Cl. The van der Waals surface area contributed by atoms with E-state index < -0.39 is 0 Å². The van der Waals surface area contributed by atoms with Crippen LogP contribution in [0.5, 0.6) is 11.5 Å². The molecule has 0 bridgehead atoms. The predicted molar refractivity (Wildman–Crippen MR) is 88.8 cm³/mol. The standard InChI is InChI=1S/C16H24N2O3.ClH/c1-2-20-14-8-3-4-9-15(14)21-12-16(19)18-10-6-5-7-13(18)11-17;/h3-4,8-9,13H,2,5-7,10-12,17H2,1H3;1H. The Morgan fingerprint density at radius 2 is 1.95 bits per heavy atom. The van der Waals surface area contributed by atoms with E-state index >= 15 is 0 Å². The van der Waals surface area contributed by atoms with Crippen molar-refractivity contribution in [3.05, 3.63) is 24.3 Å². The number of ether oxygens (including phenoxy) is 2. The summed E-state index contributed by atoms with van der Waals surface area (Å²) in [7, 11) is 0. The van der Waals surface area contributed by atoms with Crippen LogP contribution in [-0.4, -0.2) is 43.2 Å². The minimum Gasteiger partial charge on any atom is -0.490 e. The molecule has 1 aromatic rings. The number of rotatable bonds is 6. The first-order valence-corrected chi connectivity index (χ1v) is 7.60. The van der Waals surface area contributed by atoms with Crippen LogP contribution in [0.15, 0.2) is 24.3 Å². The molecule has 0 radical (unpaired) electrons. The maximum absolute atomic E-state index is 12.3. The Kier molecular flexibility index (Phi) is 8.06. The van der Waals surface area contributed by atoms with Gasteiger partial charge in [0, 0.05) is 19.1 Å². The maximum Gasteiger partial charge on any atom is 0.260 e. The second-order valence-corrected chi connectivity index (χ2v) is 5.14. The molecule has 1 aliphatic rings. The van der Waals surface area contributed by atoms with E-state index in [1.807, 2.05) is 36.1 Å². The van der Waals surface area contributed by atoms with E-state index in [4.69, 9.17) is 15.2 Å². The fourth-order valence-corrected chi connectivity index (χ4v) is 2.64. The zero-order valence-electron chi connectivity index (χ0n) is 13.0. The molecule has 2 rings (SSSR count). The molecule has 0 saturated carbocycles. The van der Waals surface area contributed by atoms with Gasteiger partial charge in [0.25, 0.3) is 5.91 Å². The molecule has 124 valence electrons. The quantitative estimate of drug-likeness (QED) is 0.869. The summed E-state index contributed by atoms with van der Waals surface area (Å²) in [5, 5.41) is 0. The third kappa shape index (κ3) is 4.78. The average Bonchev–Trinajstić information content (AvgIpc) is 2.54. The lowest BCUT2D eigenvalue weighted by Crippen LogP contribution is -2.49. The van der Waals surface area contributed by atoms with E-state index in [2.05, 4.69) is 0 Å². The molecule has 0 spiro atoms. The first kappa shape index (κ1) is 18.6. The Balaban J connectivity index is 0.00000242. The Bertz CT molecular complexity index is 470. The summed E-state index contributed by atoms with van der Waals surface area (Å²) in [6, 6.07) is 7.56. The zero-order chi connectivity index (χ0) is 15.1. The number of benzene rings is 1. The van der Waals surface area contributed by atoms with Gasteiger partial charge < -0.3 is 20.1 Å². The summed E-state index contributed by atoms with van der Waals surface area (Å²) in [6.07, 6.45) is 3.16. The number of hydrogen-bond donors (Lipinski definition) is 1. The Labute approximate surface area is 138 Å². The molecular formula is C16H25ClN2O3. The van der Waals surface area contributed by atoms with Crippen molar-refractivity contribution in [2.24, 2.45) is 5.73 Å². The lowest BCUT2D eigenvalue weighted by atomic mass is 10.0. The molecular weight excluding hydrogens is 304 g/mol. The second-order valence-electron chi connectivity index (χ2n) is 5.14. The van der Waals surface area contributed by atoms with Crippen LogP contribution >= 0.6 is 12.4 Å². The van der Waals surface area contributed by atoms with Crippen molar-refractivity contribution in [2.75, 3.05) is 26.3 Å². The van der Waals surface area contributed by atoms with Gasteiger partial charge in [0.15, 0.2) is 18.1 Å². The van der Waals surface area contributed by atoms with Gasteiger partial charge in [0.1, 0.15) is 0 Å². The molecule has 1 saturated heterocycles. The molecule has 2 N–H and O–H groups in total. The number of hydrogen-bond acceptors (Lipinski definition) is 4. The lowest BCUT2D eigenvalue weighted by molar-refractivity contribution is -0.136. The van der Waals surface area contributed by atoms with Crippen LogP contribution in [0.25, 0.3) is 0 Å². The summed E-state index contributed by atoms with van der Waals surface area (Å²) in [6.45, 7) is 3.80. The second kappa shape index (κ2) is 9.54. The number of nitrogens with two attached hydrogens (primary N) is 1. The molecule has 0 aromatic heterocycles. The summed E-state index contributed by atoms with van der Waals surface area (Å²) in [4.78, 5) is 14.2. The summed E-state index contributed by atoms with van der Waals surface area (Å²) in [5.74, 6) is 1.27. The van der Waals surface area contributed by atoms with Gasteiger partial charge >= 0.3 is 0 Å². The highest BCUT2D eigenvalue weighted by molar-refractivity contribution is 5.85. The molecule has 0 aliphatic carbocycles. The van der Waals surface area contributed by atoms with Crippen LogP contribution in [0.3, 0.4) is 0 Å². The van der Waals surface area contributed by atoms with E-state index in [9.17, 15) is 4.79 Å². The molecule has 1 aliphatic heterocycles. The smallest absolute Gasteiger partial charge is 0.260 e. The summed E-state index contributed by atoms with van der Waals surface area (Å²) in [5.41, 5.74) is 5.75. The summed E-state index contributed by atoms with van der Waals surface area (Å²) >= 11 is 0. The average molecular weight is 329 g/mol. The van der Waals surface area contributed by atoms with E-state index in [0.29, 0.717) is 24.7 Å². The molecule has 1 aromatic carbocycles. The number of carbonyl (C=O) groups is 1. The molecule has 22 heavy (non-hydrogen) atoms. The van der Waals surface area contributed by atoms with Gasteiger partial charge in [-0.05, 0) is 38.3 Å². The number of nitrogens with zero attached hydrogens (tertiary/aromatic N) is 1.